The van der Waals surface area contributed by atoms with E-state index in [0.717, 1.165) is 4.44 Å². The molecular formula is C5H4NSe2. The predicted octanol–water partition coefficient (Wildman–Crippen LogP) is 0.237. The fourth-order valence-corrected chi connectivity index (χ4v) is 2.27. The van der Waals surface area contributed by atoms with Crippen LogP contribution < -0.4 is 0 Å². The molecule has 3 heteroatoms. The van der Waals surface area contributed by atoms with Gasteiger partial charge in [-0.05, 0) is 0 Å². The van der Waals surface area contributed by atoms with Crippen LogP contribution in [0.3, 0.4) is 0 Å². The summed E-state index contributed by atoms with van der Waals surface area (Å²) in [5.74, 6) is 0. The third-order valence-electron chi connectivity index (χ3n) is 0.745. The summed E-state index contributed by atoms with van der Waals surface area (Å²) in [4.78, 5) is 2.11. The third kappa shape index (κ3) is 1.33. The molecule has 0 saturated heterocycles. The van der Waals surface area contributed by atoms with Crippen LogP contribution in [-0.4, -0.2) is 35.1 Å². The monoisotopic (exact) mass is 238 g/mol. The SMILES string of the molecule is N=C([Se])c1ccc[se]1. The Bertz CT molecular complexity index is 178. The molecule has 1 heterocycles. The van der Waals surface area contributed by atoms with Crippen LogP contribution in [0.15, 0.2) is 17.1 Å². The molecule has 0 fully saturated rings. The van der Waals surface area contributed by atoms with E-state index in [4.69, 9.17) is 5.41 Å². The fourth-order valence-electron chi connectivity index (χ4n) is 0.408. The average molecular weight is 236 g/mol. The van der Waals surface area contributed by atoms with E-state index in [1.165, 1.54) is 0 Å². The third-order valence-corrected chi connectivity index (χ3v) is 3.72. The van der Waals surface area contributed by atoms with E-state index < -0.39 is 0 Å². The number of hydrogen-bond donors (Lipinski definition) is 1. The molecule has 0 atom stereocenters. The van der Waals surface area contributed by atoms with Gasteiger partial charge >= 0.3 is 62.0 Å². The standard InChI is InChI=1S/C5H4NSe2/c6-5(7)4-2-1-3-8-4/h1-3,6H. The summed E-state index contributed by atoms with van der Waals surface area (Å²) >= 11 is 3.11. The van der Waals surface area contributed by atoms with Crippen molar-refractivity contribution in [2.24, 2.45) is 0 Å². The van der Waals surface area contributed by atoms with Crippen molar-refractivity contribution in [1.82, 2.24) is 0 Å². The van der Waals surface area contributed by atoms with E-state index in [2.05, 4.69) is 21.0 Å². The number of nitrogens with one attached hydrogen (secondary N) is 1. The first-order valence-corrected chi connectivity index (χ1v) is 4.80. The van der Waals surface area contributed by atoms with Gasteiger partial charge in [0.2, 0.25) is 0 Å². The van der Waals surface area contributed by atoms with E-state index in [-0.39, 0.29) is 0 Å². The first kappa shape index (κ1) is 6.31. The molecule has 0 aliphatic carbocycles. The zero-order chi connectivity index (χ0) is 5.98. The molecule has 0 aromatic carbocycles. The van der Waals surface area contributed by atoms with E-state index in [0.29, 0.717) is 19.1 Å². The van der Waals surface area contributed by atoms with Crippen molar-refractivity contribution in [1.29, 1.82) is 5.41 Å². The van der Waals surface area contributed by atoms with Crippen LogP contribution >= 0.6 is 0 Å². The molecule has 1 nitrogen and oxygen atoms in total. The molecule has 1 N–H and O–H groups in total. The minimum absolute atomic E-state index is 0.433. The van der Waals surface area contributed by atoms with Gasteiger partial charge in [-0.2, -0.15) is 0 Å². The van der Waals surface area contributed by atoms with Crippen molar-refractivity contribution in [2.75, 3.05) is 0 Å². The summed E-state index contributed by atoms with van der Waals surface area (Å²) in [6, 6.07) is 3.99. The Kier molecular flexibility index (Phi) is 2.09. The van der Waals surface area contributed by atoms with E-state index in [1.54, 1.807) is 0 Å². The zero-order valence-electron chi connectivity index (χ0n) is 4.05. The number of hydrogen-bond acceptors (Lipinski definition) is 1. The molecule has 8 heavy (non-hydrogen) atoms. The maximum absolute atomic E-state index is 7.14. The quantitative estimate of drug-likeness (QED) is 0.533. The van der Waals surface area contributed by atoms with Crippen LogP contribution in [0.1, 0.15) is 4.44 Å². The van der Waals surface area contributed by atoms with Gasteiger partial charge in [0.05, 0.1) is 0 Å². The molecule has 0 amide bonds. The first-order chi connectivity index (χ1) is 3.80. The molecule has 0 spiro atoms. The summed E-state index contributed by atoms with van der Waals surface area (Å²) in [5.41, 5.74) is 0. The van der Waals surface area contributed by atoms with Crippen molar-refractivity contribution in [3.63, 3.8) is 0 Å². The van der Waals surface area contributed by atoms with Crippen LogP contribution in [-0.2, 0) is 0 Å². The van der Waals surface area contributed by atoms with Gasteiger partial charge in [-0.1, -0.05) is 0 Å². The first-order valence-electron chi connectivity index (χ1n) is 2.10. The summed E-state index contributed by atoms with van der Waals surface area (Å²) in [5, 5.41) is 7.14. The normalized spacial score (nSPS) is 9.00. The van der Waals surface area contributed by atoms with Gasteiger partial charge in [-0.15, -0.1) is 0 Å². The van der Waals surface area contributed by atoms with E-state index in [9.17, 15) is 0 Å². The van der Waals surface area contributed by atoms with Gasteiger partial charge in [-0.25, -0.2) is 0 Å². The zero-order valence-corrected chi connectivity index (χ0v) is 7.47. The van der Waals surface area contributed by atoms with Crippen LogP contribution in [0.4, 0.5) is 0 Å². The number of rotatable bonds is 1. The Morgan fingerprint density at radius 3 is 2.75 bits per heavy atom. The topological polar surface area (TPSA) is 23.9 Å². The molecule has 0 saturated carbocycles. The van der Waals surface area contributed by atoms with Crippen LogP contribution in [0.5, 0.6) is 0 Å². The van der Waals surface area contributed by atoms with Crippen molar-refractivity contribution < 1.29 is 0 Å². The van der Waals surface area contributed by atoms with Crippen LogP contribution in [0, 0.1) is 5.41 Å². The average Bonchev–Trinajstić information content (AvgIpc) is 2.12. The van der Waals surface area contributed by atoms with Gasteiger partial charge in [0.15, 0.2) is 0 Å². The Hall–Kier alpha value is 0.189. The Labute approximate surface area is 62.2 Å². The minimum atomic E-state index is 0.433. The molecule has 0 unspecified atom stereocenters. The van der Waals surface area contributed by atoms with Gasteiger partial charge in [0, 0.05) is 0 Å². The van der Waals surface area contributed by atoms with Crippen LogP contribution in [0.2, 0.25) is 0 Å². The second kappa shape index (κ2) is 2.65. The Balaban J connectivity index is 2.93. The molecule has 0 aliphatic heterocycles. The molecular weight excluding hydrogens is 232 g/mol. The van der Waals surface area contributed by atoms with Gasteiger partial charge in [0.1, 0.15) is 0 Å². The molecule has 1 rings (SSSR count). The van der Waals surface area contributed by atoms with Crippen molar-refractivity contribution in [3.05, 3.63) is 21.5 Å². The van der Waals surface area contributed by atoms with E-state index >= 15 is 0 Å². The van der Waals surface area contributed by atoms with E-state index in [1.807, 2.05) is 12.1 Å². The van der Waals surface area contributed by atoms with Crippen molar-refractivity contribution >= 4 is 35.1 Å². The second-order valence-electron chi connectivity index (χ2n) is 1.31. The summed E-state index contributed by atoms with van der Waals surface area (Å²) < 4.78 is 1.74. The summed E-state index contributed by atoms with van der Waals surface area (Å²) in [7, 11) is 0. The maximum atomic E-state index is 7.14. The molecule has 41 valence electrons. The molecule has 0 aliphatic rings. The van der Waals surface area contributed by atoms with Crippen molar-refractivity contribution in [2.45, 2.75) is 0 Å². The summed E-state index contributed by atoms with van der Waals surface area (Å²) in [6.07, 6.45) is 0. The molecule has 1 aromatic heterocycles. The Morgan fingerprint density at radius 2 is 2.50 bits per heavy atom. The fraction of sp³-hybridized carbons (Fsp3) is 0. The molecule has 1 radical (unpaired) electrons. The van der Waals surface area contributed by atoms with Crippen LogP contribution in [0.25, 0.3) is 0 Å². The Morgan fingerprint density at radius 1 is 1.75 bits per heavy atom. The second-order valence-corrected chi connectivity index (χ2v) is 4.15. The molecule has 0 bridgehead atoms. The van der Waals surface area contributed by atoms with Gasteiger partial charge in [-0.3, -0.25) is 0 Å². The summed E-state index contributed by atoms with van der Waals surface area (Å²) in [6.45, 7) is 0. The molecule has 1 aromatic rings. The predicted molar refractivity (Wildman–Crippen MR) is 36.0 cm³/mol. The van der Waals surface area contributed by atoms with Crippen molar-refractivity contribution in [3.8, 4) is 0 Å². The van der Waals surface area contributed by atoms with Gasteiger partial charge < -0.3 is 0 Å². The van der Waals surface area contributed by atoms with Gasteiger partial charge in [0.25, 0.3) is 0 Å².